The van der Waals surface area contributed by atoms with Crippen LogP contribution in [-0.4, -0.2) is 31.2 Å². The Morgan fingerprint density at radius 3 is 2.50 bits per heavy atom. The molecule has 0 radical (unpaired) electrons. The smallest absolute Gasteiger partial charge is 0.0594 e. The van der Waals surface area contributed by atoms with E-state index in [2.05, 4.69) is 50.8 Å². The highest BCUT2D eigenvalue weighted by Crippen LogP contribution is 2.50. The zero-order valence-corrected chi connectivity index (χ0v) is 14.7. The van der Waals surface area contributed by atoms with Crippen molar-refractivity contribution in [1.82, 2.24) is 4.90 Å². The molecule has 2 fully saturated rings. The fourth-order valence-corrected chi connectivity index (χ4v) is 3.97. The maximum atomic E-state index is 5.59. The van der Waals surface area contributed by atoms with Gasteiger partial charge in [-0.15, -0.1) is 0 Å². The van der Waals surface area contributed by atoms with E-state index in [0.29, 0.717) is 11.5 Å². The molecule has 1 saturated heterocycles. The van der Waals surface area contributed by atoms with Crippen molar-refractivity contribution in [1.29, 1.82) is 0 Å². The van der Waals surface area contributed by atoms with E-state index in [9.17, 15) is 0 Å². The second-order valence-corrected chi connectivity index (χ2v) is 7.99. The Morgan fingerprint density at radius 2 is 1.86 bits per heavy atom. The molecule has 0 N–H and O–H groups in total. The number of rotatable bonds is 5. The van der Waals surface area contributed by atoms with Gasteiger partial charge in [-0.1, -0.05) is 37.6 Å². The van der Waals surface area contributed by atoms with Gasteiger partial charge < -0.3 is 4.74 Å². The molecule has 1 aliphatic heterocycles. The molecule has 2 heteroatoms. The van der Waals surface area contributed by atoms with Crippen molar-refractivity contribution in [2.24, 2.45) is 11.3 Å². The van der Waals surface area contributed by atoms with Crippen molar-refractivity contribution in [3.63, 3.8) is 0 Å². The number of ether oxygens (including phenoxy) is 1. The van der Waals surface area contributed by atoms with Crippen LogP contribution in [0.3, 0.4) is 0 Å². The molecule has 22 heavy (non-hydrogen) atoms. The van der Waals surface area contributed by atoms with E-state index in [-0.39, 0.29) is 0 Å². The molecule has 1 heterocycles. The third-order valence-electron chi connectivity index (χ3n) is 5.68. The van der Waals surface area contributed by atoms with Gasteiger partial charge in [-0.05, 0) is 55.6 Å². The largest absolute Gasteiger partial charge is 0.379 e. The first-order valence-corrected chi connectivity index (χ1v) is 8.86. The van der Waals surface area contributed by atoms with Crippen LogP contribution in [0.25, 0.3) is 0 Å². The third kappa shape index (κ3) is 3.55. The van der Waals surface area contributed by atoms with Gasteiger partial charge in [-0.3, -0.25) is 4.90 Å². The van der Waals surface area contributed by atoms with Crippen LogP contribution in [0.2, 0.25) is 0 Å². The van der Waals surface area contributed by atoms with Gasteiger partial charge in [-0.25, -0.2) is 0 Å². The summed E-state index contributed by atoms with van der Waals surface area (Å²) in [6, 6.07) is 7.49. The van der Waals surface area contributed by atoms with Crippen molar-refractivity contribution in [3.8, 4) is 0 Å². The summed E-state index contributed by atoms with van der Waals surface area (Å²) in [6.07, 6.45) is 4.12. The fourth-order valence-electron chi connectivity index (χ4n) is 3.97. The lowest BCUT2D eigenvalue weighted by Crippen LogP contribution is -2.41. The number of hydrogen-bond acceptors (Lipinski definition) is 2. The molecule has 0 aromatic heterocycles. The van der Waals surface area contributed by atoms with Crippen molar-refractivity contribution >= 4 is 0 Å². The predicted molar refractivity (Wildman–Crippen MR) is 92.2 cm³/mol. The molecule has 1 atom stereocenters. The Morgan fingerprint density at radius 1 is 1.18 bits per heavy atom. The summed E-state index contributed by atoms with van der Waals surface area (Å²) in [5, 5.41) is 0. The van der Waals surface area contributed by atoms with Gasteiger partial charge in [0.1, 0.15) is 0 Å². The molecule has 2 aliphatic rings. The zero-order chi connectivity index (χ0) is 15.7. The van der Waals surface area contributed by atoms with E-state index in [1.165, 1.54) is 36.0 Å². The number of morpholine rings is 1. The third-order valence-corrected chi connectivity index (χ3v) is 5.68. The maximum absolute atomic E-state index is 5.59. The molecular weight excluding hydrogens is 270 g/mol. The lowest BCUT2D eigenvalue weighted by atomic mass is 9.78. The highest BCUT2D eigenvalue weighted by atomic mass is 16.5. The Balaban J connectivity index is 1.89. The van der Waals surface area contributed by atoms with Crippen LogP contribution in [0, 0.1) is 25.2 Å². The molecule has 0 spiro atoms. The second-order valence-electron chi connectivity index (χ2n) is 7.99. The molecule has 3 rings (SSSR count). The molecule has 1 unspecified atom stereocenters. The van der Waals surface area contributed by atoms with Crippen LogP contribution in [-0.2, 0) is 4.74 Å². The van der Waals surface area contributed by atoms with E-state index >= 15 is 0 Å². The van der Waals surface area contributed by atoms with Crippen molar-refractivity contribution in [2.75, 3.05) is 26.3 Å². The first-order chi connectivity index (χ1) is 10.5. The molecule has 122 valence electrons. The number of nitrogens with zero attached hydrogens (tertiary/aromatic N) is 1. The van der Waals surface area contributed by atoms with Gasteiger partial charge in [0.15, 0.2) is 0 Å². The summed E-state index contributed by atoms with van der Waals surface area (Å²) < 4.78 is 5.59. The lowest BCUT2D eigenvalue weighted by molar-refractivity contribution is 0.00406. The van der Waals surface area contributed by atoms with Crippen LogP contribution >= 0.6 is 0 Å². The zero-order valence-electron chi connectivity index (χ0n) is 14.7. The van der Waals surface area contributed by atoms with Crippen molar-refractivity contribution < 1.29 is 4.74 Å². The molecule has 1 aromatic carbocycles. The summed E-state index contributed by atoms with van der Waals surface area (Å²) >= 11 is 0. The summed E-state index contributed by atoms with van der Waals surface area (Å²) in [5.74, 6) is 0.932. The van der Waals surface area contributed by atoms with E-state index in [4.69, 9.17) is 4.74 Å². The lowest BCUT2D eigenvalue weighted by Gasteiger charge is -2.40. The fraction of sp³-hybridized carbons (Fsp3) is 0.700. The monoisotopic (exact) mass is 301 g/mol. The van der Waals surface area contributed by atoms with E-state index in [1.54, 1.807) is 0 Å². The SMILES string of the molecule is Cc1ccc(C)c(C(CC(C)(C)C2CC2)N2CCOCC2)c1. The number of hydrogen-bond donors (Lipinski definition) is 0. The standard InChI is InChI=1S/C20H31NO/c1-15-5-6-16(2)18(13-15)19(21-9-11-22-12-10-21)14-20(3,4)17-7-8-17/h5-6,13,17,19H,7-12,14H2,1-4H3. The normalized spacial score (nSPS) is 21.8. The van der Waals surface area contributed by atoms with Crippen LogP contribution in [0.4, 0.5) is 0 Å². The summed E-state index contributed by atoms with van der Waals surface area (Å²) in [4.78, 5) is 2.66. The highest BCUT2D eigenvalue weighted by molar-refractivity contribution is 5.33. The molecular formula is C20H31NO. The van der Waals surface area contributed by atoms with Crippen LogP contribution in [0.5, 0.6) is 0 Å². The molecule has 1 saturated carbocycles. The van der Waals surface area contributed by atoms with Crippen molar-refractivity contribution in [2.45, 2.75) is 53.0 Å². The molecule has 2 nitrogen and oxygen atoms in total. The average molecular weight is 301 g/mol. The van der Waals surface area contributed by atoms with Gasteiger partial charge in [0.25, 0.3) is 0 Å². The van der Waals surface area contributed by atoms with Crippen molar-refractivity contribution in [3.05, 3.63) is 34.9 Å². The van der Waals surface area contributed by atoms with Gasteiger partial charge >= 0.3 is 0 Å². The van der Waals surface area contributed by atoms with Gasteiger partial charge in [0.05, 0.1) is 13.2 Å². The second kappa shape index (κ2) is 6.33. The van der Waals surface area contributed by atoms with Gasteiger partial charge in [-0.2, -0.15) is 0 Å². The minimum Gasteiger partial charge on any atom is -0.379 e. The Hall–Kier alpha value is -0.860. The minimum absolute atomic E-state index is 0.444. The topological polar surface area (TPSA) is 12.5 Å². The molecule has 0 bridgehead atoms. The van der Waals surface area contributed by atoms with Crippen LogP contribution < -0.4 is 0 Å². The Kier molecular flexibility index (Phi) is 4.61. The quantitative estimate of drug-likeness (QED) is 0.794. The number of aryl methyl sites for hydroxylation is 2. The van der Waals surface area contributed by atoms with Gasteiger partial charge in [0.2, 0.25) is 0 Å². The summed E-state index contributed by atoms with van der Waals surface area (Å²) in [5.41, 5.74) is 4.80. The highest BCUT2D eigenvalue weighted by Gasteiger charge is 2.40. The minimum atomic E-state index is 0.444. The maximum Gasteiger partial charge on any atom is 0.0594 e. The molecule has 0 amide bonds. The van der Waals surface area contributed by atoms with E-state index in [1.807, 2.05) is 0 Å². The van der Waals surface area contributed by atoms with Crippen LogP contribution in [0.15, 0.2) is 18.2 Å². The molecule has 1 aliphatic carbocycles. The van der Waals surface area contributed by atoms with E-state index in [0.717, 1.165) is 32.2 Å². The van der Waals surface area contributed by atoms with Gasteiger partial charge in [0, 0.05) is 19.1 Å². The van der Waals surface area contributed by atoms with E-state index < -0.39 is 0 Å². The first-order valence-electron chi connectivity index (χ1n) is 8.86. The Bertz CT molecular complexity index is 512. The summed E-state index contributed by atoms with van der Waals surface area (Å²) in [7, 11) is 0. The Labute approximate surface area is 135 Å². The van der Waals surface area contributed by atoms with Crippen LogP contribution in [0.1, 0.15) is 55.8 Å². The number of benzene rings is 1. The molecule has 1 aromatic rings. The first kappa shape index (κ1) is 16.0. The summed E-state index contributed by atoms with van der Waals surface area (Å²) in [6.45, 7) is 13.3. The average Bonchev–Trinajstić information content (AvgIpc) is 3.34. The predicted octanol–water partition coefficient (Wildman–Crippen LogP) is 4.50.